The average Bonchev–Trinajstić information content (AvgIpc) is 3.29. The highest BCUT2D eigenvalue weighted by Crippen LogP contribution is 2.39. The standard InChI is InChI=1S/C23H24F2N4O5S/c1-4-18(30)28-11-5-6-34-10-13(11)27-17-8-16-12(9-26-17)29-23(35-16)22(31)19-20(24)14(32-2)7-15(33-3)21(19)25/h4,7-9,11,13,22,31H,1,5-6,10H2,2-3H3,(H,26,27)(H,28,30). The molecule has 35 heavy (non-hydrogen) atoms. The second kappa shape index (κ2) is 10.5. The van der Waals surface area contributed by atoms with Crippen LogP contribution in [-0.4, -0.2) is 60.5 Å². The summed E-state index contributed by atoms with van der Waals surface area (Å²) < 4.78 is 45.7. The molecule has 186 valence electrons. The number of amides is 1. The number of carbonyl (C=O) groups excluding carboxylic acids is 1. The van der Waals surface area contributed by atoms with Crippen LogP contribution in [0.4, 0.5) is 14.6 Å². The Balaban J connectivity index is 1.61. The fraction of sp³-hybridized carbons (Fsp3) is 0.348. The van der Waals surface area contributed by atoms with Gasteiger partial charge in [0.05, 0.1) is 49.4 Å². The van der Waals surface area contributed by atoms with Crippen molar-refractivity contribution in [3.05, 3.63) is 53.2 Å². The molecule has 0 saturated carbocycles. The average molecular weight is 507 g/mol. The molecule has 4 rings (SSSR count). The molecule has 3 N–H and O–H groups in total. The number of halogens is 2. The van der Waals surface area contributed by atoms with Crippen molar-refractivity contribution in [2.45, 2.75) is 24.6 Å². The zero-order chi connectivity index (χ0) is 25.1. The molecule has 1 amide bonds. The molecule has 3 heterocycles. The number of fused-ring (bicyclic) bond motifs is 1. The van der Waals surface area contributed by atoms with Crippen molar-refractivity contribution < 1.29 is 32.9 Å². The zero-order valence-electron chi connectivity index (χ0n) is 19.0. The molecule has 0 aliphatic carbocycles. The van der Waals surface area contributed by atoms with E-state index in [0.717, 1.165) is 17.4 Å². The summed E-state index contributed by atoms with van der Waals surface area (Å²) in [5.41, 5.74) is -0.173. The lowest BCUT2D eigenvalue weighted by atomic mass is 10.0. The van der Waals surface area contributed by atoms with E-state index in [0.29, 0.717) is 35.7 Å². The fourth-order valence-electron chi connectivity index (χ4n) is 3.80. The molecule has 1 saturated heterocycles. The predicted molar refractivity (Wildman–Crippen MR) is 126 cm³/mol. The lowest BCUT2D eigenvalue weighted by molar-refractivity contribution is -0.117. The molecule has 12 heteroatoms. The van der Waals surface area contributed by atoms with Gasteiger partial charge in [-0.1, -0.05) is 6.58 Å². The van der Waals surface area contributed by atoms with Gasteiger partial charge in [-0.05, 0) is 18.6 Å². The molecule has 3 atom stereocenters. The minimum absolute atomic E-state index is 0.0733. The molecule has 0 spiro atoms. The van der Waals surface area contributed by atoms with Gasteiger partial charge in [-0.15, -0.1) is 11.3 Å². The Morgan fingerprint density at radius 1 is 1.29 bits per heavy atom. The van der Waals surface area contributed by atoms with E-state index in [9.17, 15) is 18.7 Å². The van der Waals surface area contributed by atoms with Crippen molar-refractivity contribution in [2.24, 2.45) is 0 Å². The first-order chi connectivity index (χ1) is 16.9. The second-order valence-electron chi connectivity index (χ2n) is 7.75. The maximum atomic E-state index is 14.8. The van der Waals surface area contributed by atoms with Crippen LogP contribution in [0.2, 0.25) is 0 Å². The van der Waals surface area contributed by atoms with Crippen LogP contribution in [0.15, 0.2) is 31.0 Å². The smallest absolute Gasteiger partial charge is 0.243 e. The first-order valence-electron chi connectivity index (χ1n) is 10.7. The number of aliphatic hydroxyl groups is 1. The Morgan fingerprint density at radius 3 is 2.66 bits per heavy atom. The van der Waals surface area contributed by atoms with Crippen molar-refractivity contribution in [3.63, 3.8) is 0 Å². The molecule has 9 nitrogen and oxygen atoms in total. The van der Waals surface area contributed by atoms with Crippen molar-refractivity contribution in [1.29, 1.82) is 0 Å². The first-order valence-corrected chi connectivity index (χ1v) is 11.5. The number of nitrogens with zero attached hydrogens (tertiary/aromatic N) is 2. The maximum absolute atomic E-state index is 14.8. The Hall–Kier alpha value is -3.35. The number of ether oxygens (including phenoxy) is 3. The summed E-state index contributed by atoms with van der Waals surface area (Å²) in [7, 11) is 2.46. The lowest BCUT2D eigenvalue weighted by Gasteiger charge is -2.32. The topological polar surface area (TPSA) is 115 Å². The monoisotopic (exact) mass is 506 g/mol. The molecule has 1 aliphatic heterocycles. The Bertz CT molecular complexity index is 1230. The molecule has 1 aliphatic rings. The van der Waals surface area contributed by atoms with E-state index in [1.807, 2.05) is 0 Å². The van der Waals surface area contributed by atoms with E-state index in [4.69, 9.17) is 14.2 Å². The summed E-state index contributed by atoms with van der Waals surface area (Å²) >= 11 is 1.07. The zero-order valence-corrected chi connectivity index (χ0v) is 19.8. The molecular formula is C23H24F2N4O5S. The summed E-state index contributed by atoms with van der Waals surface area (Å²) in [6.07, 6.45) is 1.63. The van der Waals surface area contributed by atoms with E-state index in [1.165, 1.54) is 26.5 Å². The Morgan fingerprint density at radius 2 is 2.00 bits per heavy atom. The second-order valence-corrected chi connectivity index (χ2v) is 8.81. The van der Waals surface area contributed by atoms with E-state index in [1.54, 1.807) is 6.07 Å². The normalized spacial score (nSPS) is 18.7. The molecule has 3 aromatic rings. The van der Waals surface area contributed by atoms with Gasteiger partial charge in [0.15, 0.2) is 23.1 Å². The fourth-order valence-corrected chi connectivity index (χ4v) is 4.77. The maximum Gasteiger partial charge on any atom is 0.243 e. The minimum Gasteiger partial charge on any atom is -0.494 e. The molecule has 0 bridgehead atoms. The third-order valence-corrected chi connectivity index (χ3v) is 6.68. The number of methoxy groups -OCH3 is 2. The molecule has 2 aromatic heterocycles. The number of hydrogen-bond donors (Lipinski definition) is 3. The number of rotatable bonds is 8. The number of benzene rings is 1. The van der Waals surface area contributed by atoms with Gasteiger partial charge in [0.2, 0.25) is 5.91 Å². The van der Waals surface area contributed by atoms with Crippen LogP contribution in [0.25, 0.3) is 10.2 Å². The molecule has 1 aromatic carbocycles. The highest BCUT2D eigenvalue weighted by Gasteiger charge is 2.30. The van der Waals surface area contributed by atoms with Gasteiger partial charge < -0.3 is 30.0 Å². The van der Waals surface area contributed by atoms with Gasteiger partial charge in [-0.2, -0.15) is 0 Å². The van der Waals surface area contributed by atoms with Crippen LogP contribution in [-0.2, 0) is 9.53 Å². The number of nitrogens with one attached hydrogen (secondary N) is 2. The van der Waals surface area contributed by atoms with Crippen molar-refractivity contribution in [1.82, 2.24) is 15.3 Å². The van der Waals surface area contributed by atoms with Crippen molar-refractivity contribution in [3.8, 4) is 11.5 Å². The summed E-state index contributed by atoms with van der Waals surface area (Å²) in [6, 6.07) is 2.37. The van der Waals surface area contributed by atoms with Crippen molar-refractivity contribution >= 4 is 33.3 Å². The largest absolute Gasteiger partial charge is 0.494 e. The third kappa shape index (κ3) is 5.04. The summed E-state index contributed by atoms with van der Waals surface area (Å²) in [5, 5.41) is 17.0. The molecule has 1 fully saturated rings. The van der Waals surface area contributed by atoms with Crippen LogP contribution in [0, 0.1) is 11.6 Å². The molecular weight excluding hydrogens is 482 g/mol. The van der Waals surface area contributed by atoms with Gasteiger partial charge in [-0.25, -0.2) is 18.7 Å². The van der Waals surface area contributed by atoms with E-state index in [-0.39, 0.29) is 34.5 Å². The van der Waals surface area contributed by atoms with E-state index in [2.05, 4.69) is 27.2 Å². The van der Waals surface area contributed by atoms with Gasteiger partial charge in [0.25, 0.3) is 0 Å². The number of aliphatic hydroxyl groups excluding tert-OH is 1. The van der Waals surface area contributed by atoms with Gasteiger partial charge in [0.1, 0.15) is 22.4 Å². The number of pyridine rings is 1. The number of anilines is 1. The number of thiazole rings is 1. The Kier molecular flexibility index (Phi) is 7.43. The SMILES string of the molecule is C=CC(=O)NC1CCOCC1Nc1cc2sc(C(O)c3c(F)c(OC)cc(OC)c3F)nc2cn1. The summed E-state index contributed by atoms with van der Waals surface area (Å²) in [4.78, 5) is 20.4. The van der Waals surface area contributed by atoms with Crippen molar-refractivity contribution in [2.75, 3.05) is 32.8 Å². The van der Waals surface area contributed by atoms with Gasteiger partial charge >= 0.3 is 0 Å². The number of carbonyl (C=O) groups is 1. The summed E-state index contributed by atoms with van der Waals surface area (Å²) in [6.45, 7) is 4.36. The van der Waals surface area contributed by atoms with Crippen LogP contribution in [0.5, 0.6) is 11.5 Å². The summed E-state index contributed by atoms with van der Waals surface area (Å²) in [5.74, 6) is -2.39. The van der Waals surface area contributed by atoms with Crippen LogP contribution < -0.4 is 20.1 Å². The van der Waals surface area contributed by atoms with Crippen LogP contribution >= 0.6 is 11.3 Å². The highest BCUT2D eigenvalue weighted by atomic mass is 32.1. The lowest BCUT2D eigenvalue weighted by Crippen LogP contribution is -2.52. The minimum atomic E-state index is -1.70. The first kappa shape index (κ1) is 24.8. The van der Waals surface area contributed by atoms with E-state index < -0.39 is 23.3 Å². The van der Waals surface area contributed by atoms with Gasteiger partial charge in [-0.3, -0.25) is 4.79 Å². The number of aromatic nitrogens is 2. The number of hydrogen-bond acceptors (Lipinski definition) is 9. The van der Waals surface area contributed by atoms with Crippen LogP contribution in [0.1, 0.15) is 23.1 Å². The molecule has 3 unspecified atom stereocenters. The predicted octanol–water partition coefficient (Wildman–Crippen LogP) is 2.94. The molecule has 0 radical (unpaired) electrons. The van der Waals surface area contributed by atoms with Crippen LogP contribution in [0.3, 0.4) is 0 Å². The third-order valence-electron chi connectivity index (χ3n) is 5.61. The highest BCUT2D eigenvalue weighted by molar-refractivity contribution is 7.18. The Labute approximate surface area is 203 Å². The van der Waals surface area contributed by atoms with Gasteiger partial charge in [0, 0.05) is 12.7 Å². The quantitative estimate of drug-likeness (QED) is 0.400. The van der Waals surface area contributed by atoms with E-state index >= 15 is 0 Å².